The lowest BCUT2D eigenvalue weighted by Gasteiger charge is -2.32. The summed E-state index contributed by atoms with van der Waals surface area (Å²) in [6.07, 6.45) is 4.70. The van der Waals surface area contributed by atoms with Crippen molar-refractivity contribution in [2.45, 2.75) is 25.7 Å². The van der Waals surface area contributed by atoms with Gasteiger partial charge >= 0.3 is 0 Å². The summed E-state index contributed by atoms with van der Waals surface area (Å²) in [7, 11) is 0. The van der Waals surface area contributed by atoms with E-state index < -0.39 is 11.6 Å². The minimum absolute atomic E-state index is 0.639. The number of nitrogens with zero attached hydrogens (tertiary/aromatic N) is 1. The van der Waals surface area contributed by atoms with E-state index in [0.29, 0.717) is 5.69 Å². The van der Waals surface area contributed by atoms with Crippen LogP contribution in [0.2, 0.25) is 0 Å². The molecule has 0 atom stereocenters. The normalized spacial score (nSPS) is 16.1. The molecule has 134 valence electrons. The van der Waals surface area contributed by atoms with Gasteiger partial charge in [-0.2, -0.15) is 0 Å². The second-order valence-electron chi connectivity index (χ2n) is 6.88. The van der Waals surface area contributed by atoms with Crippen LogP contribution in [-0.4, -0.2) is 31.1 Å². The van der Waals surface area contributed by atoms with Gasteiger partial charge in [0.05, 0.1) is 0 Å². The zero-order valence-corrected chi connectivity index (χ0v) is 14.6. The predicted octanol–water partition coefficient (Wildman–Crippen LogP) is 4.72. The Morgan fingerprint density at radius 3 is 2.44 bits per heavy atom. The molecular weight excluding hydrogens is 318 g/mol. The van der Waals surface area contributed by atoms with Crippen LogP contribution in [-0.2, 0) is 6.42 Å². The van der Waals surface area contributed by atoms with Gasteiger partial charge in [-0.15, -0.1) is 0 Å². The number of likely N-dealkylation sites (tertiary alicyclic amines) is 1. The molecule has 0 amide bonds. The highest BCUT2D eigenvalue weighted by molar-refractivity contribution is 5.43. The Morgan fingerprint density at radius 1 is 0.960 bits per heavy atom. The van der Waals surface area contributed by atoms with Gasteiger partial charge in [0.25, 0.3) is 0 Å². The lowest BCUT2D eigenvalue weighted by atomic mass is 9.90. The minimum atomic E-state index is -0.802. The molecule has 0 saturated carbocycles. The van der Waals surface area contributed by atoms with Gasteiger partial charge in [0, 0.05) is 12.2 Å². The topological polar surface area (TPSA) is 15.3 Å². The molecular formula is C21H26F2N2. The lowest BCUT2D eigenvalue weighted by molar-refractivity contribution is 0.183. The number of benzene rings is 2. The highest BCUT2D eigenvalue weighted by Crippen LogP contribution is 2.21. The van der Waals surface area contributed by atoms with Crippen molar-refractivity contribution in [2.75, 3.05) is 31.5 Å². The van der Waals surface area contributed by atoms with Crippen molar-refractivity contribution < 1.29 is 8.78 Å². The third-order valence-corrected chi connectivity index (χ3v) is 4.97. The molecule has 1 heterocycles. The molecule has 1 N–H and O–H groups in total. The minimum Gasteiger partial charge on any atom is -0.385 e. The largest absolute Gasteiger partial charge is 0.385 e. The monoisotopic (exact) mass is 344 g/mol. The van der Waals surface area contributed by atoms with Crippen LogP contribution in [0.5, 0.6) is 0 Å². The van der Waals surface area contributed by atoms with Crippen LogP contribution in [0.25, 0.3) is 0 Å². The van der Waals surface area contributed by atoms with E-state index in [2.05, 4.69) is 40.5 Å². The van der Waals surface area contributed by atoms with Gasteiger partial charge in [-0.3, -0.25) is 0 Å². The Kier molecular flexibility index (Phi) is 6.40. The Bertz CT molecular complexity index is 652. The molecule has 2 aromatic carbocycles. The van der Waals surface area contributed by atoms with Crippen molar-refractivity contribution >= 4 is 5.69 Å². The average molecular weight is 344 g/mol. The van der Waals surface area contributed by atoms with Crippen LogP contribution < -0.4 is 5.32 Å². The summed E-state index contributed by atoms with van der Waals surface area (Å²) in [5.74, 6) is -0.812. The molecule has 1 aliphatic rings. The lowest BCUT2D eigenvalue weighted by Crippen LogP contribution is -2.35. The third kappa shape index (κ3) is 5.53. The first-order valence-corrected chi connectivity index (χ1v) is 9.16. The standard InChI is InChI=1S/C21H26F2N2/c22-20-8-7-19(16-21(20)23)24-11-4-12-25-13-9-18(10-14-25)15-17-5-2-1-3-6-17/h1-3,5-8,16,18,24H,4,9-15H2. The van der Waals surface area contributed by atoms with E-state index >= 15 is 0 Å². The second-order valence-corrected chi connectivity index (χ2v) is 6.88. The summed E-state index contributed by atoms with van der Waals surface area (Å²) in [6.45, 7) is 4.13. The number of hydrogen-bond donors (Lipinski definition) is 1. The van der Waals surface area contributed by atoms with E-state index in [-0.39, 0.29) is 0 Å². The molecule has 0 radical (unpaired) electrons. The van der Waals surface area contributed by atoms with Gasteiger partial charge in [-0.1, -0.05) is 30.3 Å². The highest BCUT2D eigenvalue weighted by Gasteiger charge is 2.18. The number of hydrogen-bond acceptors (Lipinski definition) is 2. The summed E-state index contributed by atoms with van der Waals surface area (Å²) >= 11 is 0. The molecule has 3 rings (SSSR count). The zero-order chi connectivity index (χ0) is 17.5. The van der Waals surface area contributed by atoms with Crippen molar-refractivity contribution in [3.8, 4) is 0 Å². The van der Waals surface area contributed by atoms with Gasteiger partial charge in [0.2, 0.25) is 0 Å². The van der Waals surface area contributed by atoms with Crippen LogP contribution in [0.1, 0.15) is 24.8 Å². The molecule has 0 aromatic heterocycles. The summed E-state index contributed by atoms with van der Waals surface area (Å²) in [6, 6.07) is 14.7. The van der Waals surface area contributed by atoms with Gasteiger partial charge in [-0.05, 0) is 75.0 Å². The Hall–Kier alpha value is -1.94. The van der Waals surface area contributed by atoms with Crippen molar-refractivity contribution in [1.29, 1.82) is 0 Å². The summed E-state index contributed by atoms with van der Waals surface area (Å²) in [5.41, 5.74) is 2.08. The van der Waals surface area contributed by atoms with Crippen LogP contribution in [0.3, 0.4) is 0 Å². The molecule has 0 aliphatic carbocycles. The number of nitrogens with one attached hydrogen (secondary N) is 1. The van der Waals surface area contributed by atoms with Gasteiger partial charge in [0.15, 0.2) is 11.6 Å². The fourth-order valence-electron chi connectivity index (χ4n) is 3.50. The van der Waals surface area contributed by atoms with Crippen LogP contribution >= 0.6 is 0 Å². The Morgan fingerprint density at radius 2 is 1.72 bits per heavy atom. The number of halogens is 2. The molecule has 0 bridgehead atoms. The van der Waals surface area contributed by atoms with Gasteiger partial charge in [-0.25, -0.2) is 8.78 Å². The fraction of sp³-hybridized carbons (Fsp3) is 0.429. The van der Waals surface area contributed by atoms with E-state index in [0.717, 1.165) is 44.6 Å². The van der Waals surface area contributed by atoms with Crippen LogP contribution in [0.15, 0.2) is 48.5 Å². The number of anilines is 1. The Balaban J connectivity index is 1.32. The first-order chi connectivity index (χ1) is 12.2. The quantitative estimate of drug-likeness (QED) is 0.731. The molecule has 1 saturated heterocycles. The molecule has 0 spiro atoms. The van der Waals surface area contributed by atoms with E-state index in [1.165, 1.54) is 30.9 Å². The predicted molar refractivity (Wildman–Crippen MR) is 98.8 cm³/mol. The van der Waals surface area contributed by atoms with Crippen molar-refractivity contribution in [2.24, 2.45) is 5.92 Å². The van der Waals surface area contributed by atoms with Gasteiger partial charge < -0.3 is 10.2 Å². The van der Waals surface area contributed by atoms with Crippen LogP contribution in [0, 0.1) is 17.6 Å². The third-order valence-electron chi connectivity index (χ3n) is 4.97. The first kappa shape index (κ1) is 17.9. The number of rotatable bonds is 7. The Labute approximate surface area is 148 Å². The van der Waals surface area contributed by atoms with Crippen molar-refractivity contribution in [1.82, 2.24) is 4.90 Å². The SMILES string of the molecule is Fc1ccc(NCCCN2CCC(Cc3ccccc3)CC2)cc1F. The maximum atomic E-state index is 13.1. The number of piperidine rings is 1. The van der Waals surface area contributed by atoms with Crippen molar-refractivity contribution in [3.63, 3.8) is 0 Å². The second kappa shape index (κ2) is 8.95. The summed E-state index contributed by atoms with van der Waals surface area (Å²) in [5, 5.41) is 3.16. The molecule has 4 heteroatoms. The zero-order valence-electron chi connectivity index (χ0n) is 14.6. The van der Waals surface area contributed by atoms with E-state index in [4.69, 9.17) is 0 Å². The van der Waals surface area contributed by atoms with Crippen molar-refractivity contribution in [3.05, 3.63) is 65.7 Å². The van der Waals surface area contributed by atoms with Crippen LogP contribution in [0.4, 0.5) is 14.5 Å². The van der Waals surface area contributed by atoms with Gasteiger partial charge in [0.1, 0.15) is 0 Å². The highest BCUT2D eigenvalue weighted by atomic mass is 19.2. The van der Waals surface area contributed by atoms with E-state index in [1.54, 1.807) is 6.07 Å². The first-order valence-electron chi connectivity index (χ1n) is 9.16. The molecule has 1 aliphatic heterocycles. The smallest absolute Gasteiger partial charge is 0.160 e. The molecule has 0 unspecified atom stereocenters. The van der Waals surface area contributed by atoms with E-state index in [1.807, 2.05) is 0 Å². The molecule has 2 nitrogen and oxygen atoms in total. The summed E-state index contributed by atoms with van der Waals surface area (Å²) in [4.78, 5) is 2.51. The molecule has 25 heavy (non-hydrogen) atoms. The summed E-state index contributed by atoms with van der Waals surface area (Å²) < 4.78 is 26.0. The maximum Gasteiger partial charge on any atom is 0.160 e. The average Bonchev–Trinajstić information content (AvgIpc) is 2.64. The fourth-order valence-corrected chi connectivity index (χ4v) is 3.50. The van der Waals surface area contributed by atoms with E-state index in [9.17, 15) is 8.78 Å². The molecule has 2 aromatic rings. The maximum absolute atomic E-state index is 13.1. The molecule has 1 fully saturated rings.